The van der Waals surface area contributed by atoms with Crippen LogP contribution in [0.1, 0.15) is 15.9 Å². The van der Waals surface area contributed by atoms with Crippen molar-refractivity contribution in [2.75, 3.05) is 11.6 Å². The van der Waals surface area contributed by atoms with Crippen LogP contribution in [-0.2, 0) is 9.84 Å². The number of hydrogen-bond acceptors (Lipinski definition) is 4. The zero-order chi connectivity index (χ0) is 21.5. The second-order valence-corrected chi connectivity index (χ2v) is 9.04. The van der Waals surface area contributed by atoms with Crippen molar-refractivity contribution in [3.63, 3.8) is 0 Å². The van der Waals surface area contributed by atoms with Gasteiger partial charge < -0.3 is 10.3 Å². The third-order valence-corrected chi connectivity index (χ3v) is 5.85. The number of aromatic amines is 1. The molecule has 0 aliphatic carbocycles. The van der Waals surface area contributed by atoms with Gasteiger partial charge in [-0.1, -0.05) is 6.07 Å². The van der Waals surface area contributed by atoms with Gasteiger partial charge in [0.2, 0.25) is 0 Å². The number of carbonyl (C=O) groups excluding carboxylic acids is 1. The topological polar surface area (TPSA) is 91.9 Å². The highest BCUT2D eigenvalue weighted by molar-refractivity contribution is 7.90. The molecule has 0 saturated carbocycles. The van der Waals surface area contributed by atoms with Gasteiger partial charge in [-0.3, -0.25) is 4.79 Å². The van der Waals surface area contributed by atoms with Crippen LogP contribution in [0, 0.1) is 12.7 Å². The summed E-state index contributed by atoms with van der Waals surface area (Å²) in [5.74, 6) is -0.152. The molecule has 1 amide bonds. The molecule has 2 N–H and O–H groups in total. The van der Waals surface area contributed by atoms with Gasteiger partial charge in [-0.15, -0.1) is 0 Å². The van der Waals surface area contributed by atoms with E-state index in [9.17, 15) is 17.6 Å². The number of imidazole rings is 1. The number of aromatic nitrogens is 2. The summed E-state index contributed by atoms with van der Waals surface area (Å²) in [6.07, 6.45) is 1.10. The van der Waals surface area contributed by atoms with Crippen molar-refractivity contribution in [1.82, 2.24) is 9.97 Å². The lowest BCUT2D eigenvalue weighted by atomic mass is 10.1. The number of rotatable bonds is 4. The van der Waals surface area contributed by atoms with Gasteiger partial charge in [-0.05, 0) is 67.1 Å². The standard InChI is InChI=1S/C22H18FN3O3S/c1-13-3-9-17(30(2,28)29)12-18(13)22(27)24-16-7-4-14(5-8-16)21-25-19-10-6-15(23)11-20(19)26-21/h3-12H,1-2H3,(H,24,27)(H,25,26). The van der Waals surface area contributed by atoms with Gasteiger partial charge >= 0.3 is 0 Å². The highest BCUT2D eigenvalue weighted by atomic mass is 32.2. The van der Waals surface area contributed by atoms with E-state index in [1.807, 2.05) is 0 Å². The van der Waals surface area contributed by atoms with E-state index in [1.165, 1.54) is 24.3 Å². The normalized spacial score (nSPS) is 11.6. The highest BCUT2D eigenvalue weighted by Gasteiger charge is 2.15. The Labute approximate surface area is 172 Å². The monoisotopic (exact) mass is 423 g/mol. The lowest BCUT2D eigenvalue weighted by Gasteiger charge is -2.10. The van der Waals surface area contributed by atoms with Gasteiger partial charge in [0, 0.05) is 23.1 Å². The maximum Gasteiger partial charge on any atom is 0.255 e. The number of carbonyl (C=O) groups is 1. The molecule has 6 nitrogen and oxygen atoms in total. The Morgan fingerprint density at radius 1 is 1.03 bits per heavy atom. The summed E-state index contributed by atoms with van der Waals surface area (Å²) in [5, 5.41) is 2.78. The predicted molar refractivity (Wildman–Crippen MR) is 114 cm³/mol. The summed E-state index contributed by atoms with van der Waals surface area (Å²) in [5.41, 5.74) is 3.55. The molecule has 1 heterocycles. The van der Waals surface area contributed by atoms with Crippen LogP contribution in [0.3, 0.4) is 0 Å². The maximum atomic E-state index is 13.4. The first kappa shape index (κ1) is 19.8. The van der Waals surface area contributed by atoms with Gasteiger partial charge in [0.15, 0.2) is 9.84 Å². The van der Waals surface area contributed by atoms with Crippen LogP contribution in [-0.4, -0.2) is 30.5 Å². The Bertz CT molecular complexity index is 1380. The number of benzene rings is 3. The molecule has 1 aromatic heterocycles. The first-order chi connectivity index (χ1) is 14.2. The molecule has 8 heteroatoms. The third kappa shape index (κ3) is 3.95. The summed E-state index contributed by atoms with van der Waals surface area (Å²) < 4.78 is 36.9. The number of hydrogen-bond donors (Lipinski definition) is 2. The average molecular weight is 423 g/mol. The van der Waals surface area contributed by atoms with Crippen LogP contribution >= 0.6 is 0 Å². The molecule has 0 radical (unpaired) electrons. The second-order valence-electron chi connectivity index (χ2n) is 7.03. The number of nitrogens with one attached hydrogen (secondary N) is 2. The van der Waals surface area contributed by atoms with Crippen molar-refractivity contribution in [3.05, 3.63) is 77.6 Å². The zero-order valence-electron chi connectivity index (χ0n) is 16.2. The summed E-state index contributed by atoms with van der Waals surface area (Å²) in [6.45, 7) is 1.74. The highest BCUT2D eigenvalue weighted by Crippen LogP contribution is 2.23. The minimum Gasteiger partial charge on any atom is -0.338 e. The fourth-order valence-electron chi connectivity index (χ4n) is 3.10. The third-order valence-electron chi connectivity index (χ3n) is 4.74. The van der Waals surface area contributed by atoms with Gasteiger partial charge in [0.25, 0.3) is 5.91 Å². The van der Waals surface area contributed by atoms with Crippen LogP contribution in [0.25, 0.3) is 22.4 Å². The smallest absolute Gasteiger partial charge is 0.255 e. The number of H-pyrrole nitrogens is 1. The molecule has 0 aliphatic rings. The van der Waals surface area contributed by atoms with Crippen LogP contribution < -0.4 is 5.32 Å². The lowest BCUT2D eigenvalue weighted by molar-refractivity contribution is 0.102. The van der Waals surface area contributed by atoms with E-state index in [2.05, 4.69) is 15.3 Å². The van der Waals surface area contributed by atoms with Crippen molar-refractivity contribution >= 4 is 32.5 Å². The molecule has 4 rings (SSSR count). The lowest BCUT2D eigenvalue weighted by Crippen LogP contribution is -2.14. The molecule has 0 atom stereocenters. The minimum atomic E-state index is -3.41. The molecule has 0 saturated heterocycles. The molecule has 0 unspecified atom stereocenters. The minimum absolute atomic E-state index is 0.0925. The molecule has 152 valence electrons. The summed E-state index contributed by atoms with van der Waals surface area (Å²) >= 11 is 0. The number of sulfone groups is 1. The molecule has 0 bridgehead atoms. The van der Waals surface area contributed by atoms with Crippen LogP contribution in [0.5, 0.6) is 0 Å². The maximum absolute atomic E-state index is 13.4. The molecular weight excluding hydrogens is 405 g/mol. The SMILES string of the molecule is Cc1ccc(S(C)(=O)=O)cc1C(=O)Nc1ccc(-c2nc3ccc(F)cc3[nH]2)cc1. The van der Waals surface area contributed by atoms with E-state index in [4.69, 9.17) is 0 Å². The molecule has 30 heavy (non-hydrogen) atoms. The van der Waals surface area contributed by atoms with Crippen molar-refractivity contribution < 1.29 is 17.6 Å². The van der Waals surface area contributed by atoms with Gasteiger partial charge in [-0.2, -0.15) is 0 Å². The number of nitrogens with zero attached hydrogens (tertiary/aromatic N) is 1. The van der Waals surface area contributed by atoms with E-state index in [-0.39, 0.29) is 10.7 Å². The van der Waals surface area contributed by atoms with E-state index in [1.54, 1.807) is 43.3 Å². The van der Waals surface area contributed by atoms with Gasteiger partial charge in [0.1, 0.15) is 11.6 Å². The summed E-state index contributed by atoms with van der Waals surface area (Å²) in [4.78, 5) is 20.3. The molecule has 0 spiro atoms. The summed E-state index contributed by atoms with van der Waals surface area (Å²) in [6, 6.07) is 15.8. The molecule has 0 fully saturated rings. The Morgan fingerprint density at radius 3 is 2.47 bits per heavy atom. The molecule has 3 aromatic carbocycles. The Hall–Kier alpha value is -3.52. The first-order valence-corrected chi connectivity index (χ1v) is 11.0. The number of amides is 1. The molecule has 0 aliphatic heterocycles. The van der Waals surface area contributed by atoms with Crippen LogP contribution in [0.2, 0.25) is 0 Å². The largest absolute Gasteiger partial charge is 0.338 e. The van der Waals surface area contributed by atoms with E-state index in [0.717, 1.165) is 11.8 Å². The number of fused-ring (bicyclic) bond motifs is 1. The first-order valence-electron chi connectivity index (χ1n) is 9.08. The van der Waals surface area contributed by atoms with Crippen molar-refractivity contribution in [2.45, 2.75) is 11.8 Å². The zero-order valence-corrected chi connectivity index (χ0v) is 17.0. The number of halogens is 1. The van der Waals surface area contributed by atoms with E-state index >= 15 is 0 Å². The number of anilines is 1. The Morgan fingerprint density at radius 2 is 1.77 bits per heavy atom. The molecular formula is C22H18FN3O3S. The van der Waals surface area contributed by atoms with Crippen LogP contribution in [0.4, 0.5) is 10.1 Å². The Balaban J connectivity index is 1.57. The number of aryl methyl sites for hydroxylation is 1. The quantitative estimate of drug-likeness (QED) is 0.511. The van der Waals surface area contributed by atoms with Crippen LogP contribution in [0.15, 0.2) is 65.6 Å². The van der Waals surface area contributed by atoms with Gasteiger partial charge in [0.05, 0.1) is 15.9 Å². The average Bonchev–Trinajstić information content (AvgIpc) is 3.11. The summed E-state index contributed by atoms with van der Waals surface area (Å²) in [7, 11) is -3.41. The van der Waals surface area contributed by atoms with Crippen molar-refractivity contribution in [3.8, 4) is 11.4 Å². The fraction of sp³-hybridized carbons (Fsp3) is 0.0909. The molecule has 4 aromatic rings. The van der Waals surface area contributed by atoms with Crippen molar-refractivity contribution in [2.24, 2.45) is 0 Å². The van der Waals surface area contributed by atoms with E-state index in [0.29, 0.717) is 33.7 Å². The predicted octanol–water partition coefficient (Wildman–Crippen LogP) is 4.33. The Kier molecular flexibility index (Phi) is 4.87. The van der Waals surface area contributed by atoms with Crippen molar-refractivity contribution in [1.29, 1.82) is 0 Å². The van der Waals surface area contributed by atoms with E-state index < -0.39 is 15.7 Å². The fourth-order valence-corrected chi connectivity index (χ4v) is 3.75. The van der Waals surface area contributed by atoms with Gasteiger partial charge in [-0.25, -0.2) is 17.8 Å². The second kappa shape index (κ2) is 7.38.